The van der Waals surface area contributed by atoms with E-state index in [9.17, 15) is 0 Å². The molecule has 0 atom stereocenters. The molecule has 0 heterocycles. The molecule has 0 spiro atoms. The summed E-state index contributed by atoms with van der Waals surface area (Å²) in [4.78, 5) is 0. The summed E-state index contributed by atoms with van der Waals surface area (Å²) in [6.45, 7) is 0.134. The van der Waals surface area contributed by atoms with Crippen LogP contribution in [0.5, 0.6) is 0 Å². The van der Waals surface area contributed by atoms with Crippen molar-refractivity contribution in [3.8, 4) is 17.9 Å². The highest BCUT2D eigenvalue weighted by molar-refractivity contribution is 5.39. The van der Waals surface area contributed by atoms with Crippen LogP contribution in [0.2, 0.25) is 0 Å². The van der Waals surface area contributed by atoms with Gasteiger partial charge in [0.15, 0.2) is 6.07 Å². The minimum Gasteiger partial charge on any atom is -0.396 e. The highest BCUT2D eigenvalue weighted by Gasteiger charge is 1.92. The molecule has 0 saturated carbocycles. The van der Waals surface area contributed by atoms with E-state index < -0.39 is 0 Å². The number of aliphatic hydroxyl groups excluding tert-OH is 1. The Kier molecular flexibility index (Phi) is 3.57. The molecular formula is C11H9NO. The number of hydrogen-bond acceptors (Lipinski definition) is 2. The first-order valence-corrected chi connectivity index (χ1v) is 3.96. The van der Waals surface area contributed by atoms with Gasteiger partial charge in [0.05, 0.1) is 0 Å². The second-order valence-corrected chi connectivity index (χ2v) is 2.54. The highest BCUT2D eigenvalue weighted by Crippen LogP contribution is 2.04. The van der Waals surface area contributed by atoms with Crippen LogP contribution in [-0.4, -0.2) is 11.7 Å². The van der Waals surface area contributed by atoms with E-state index in [-0.39, 0.29) is 6.61 Å². The Hall–Kier alpha value is -1.77. The van der Waals surface area contributed by atoms with Crippen molar-refractivity contribution in [3.05, 3.63) is 35.4 Å². The van der Waals surface area contributed by atoms with Gasteiger partial charge in [-0.3, -0.25) is 0 Å². The van der Waals surface area contributed by atoms with E-state index >= 15 is 0 Å². The summed E-state index contributed by atoms with van der Waals surface area (Å²) < 4.78 is 0. The molecule has 1 aromatic carbocycles. The molecule has 1 rings (SSSR count). The molecule has 0 unspecified atom stereocenters. The quantitative estimate of drug-likeness (QED) is 0.677. The lowest BCUT2D eigenvalue weighted by Gasteiger charge is -1.97. The minimum absolute atomic E-state index is 0.134. The van der Waals surface area contributed by atoms with Crippen LogP contribution in [0.3, 0.4) is 0 Å². The molecule has 13 heavy (non-hydrogen) atoms. The smallest absolute Gasteiger partial charge is 0.152 e. The van der Waals surface area contributed by atoms with E-state index in [1.54, 1.807) is 6.07 Å². The van der Waals surface area contributed by atoms with Crippen molar-refractivity contribution in [2.75, 3.05) is 6.61 Å². The Morgan fingerprint density at radius 1 is 1.38 bits per heavy atom. The molecule has 0 radical (unpaired) electrons. The van der Waals surface area contributed by atoms with Crippen LogP contribution >= 0.6 is 0 Å². The van der Waals surface area contributed by atoms with Gasteiger partial charge in [0.1, 0.15) is 0 Å². The number of hydrogen-bond donors (Lipinski definition) is 1. The third-order valence-electron chi connectivity index (χ3n) is 1.59. The first kappa shape index (κ1) is 9.32. The van der Waals surface area contributed by atoms with Crippen LogP contribution in [-0.2, 0) is 6.42 Å². The average Bonchev–Trinajstić information content (AvgIpc) is 2.16. The van der Waals surface area contributed by atoms with Crippen molar-refractivity contribution in [1.29, 1.82) is 5.26 Å². The van der Waals surface area contributed by atoms with Gasteiger partial charge in [0.25, 0.3) is 0 Å². The zero-order valence-corrected chi connectivity index (χ0v) is 7.12. The molecule has 0 fully saturated rings. The summed E-state index contributed by atoms with van der Waals surface area (Å²) >= 11 is 0. The first-order chi connectivity index (χ1) is 6.36. The van der Waals surface area contributed by atoms with E-state index in [1.165, 1.54) is 0 Å². The molecule has 0 aliphatic rings. The molecule has 0 aliphatic heterocycles. The molecule has 0 amide bonds. The van der Waals surface area contributed by atoms with Gasteiger partial charge in [0, 0.05) is 18.1 Å². The van der Waals surface area contributed by atoms with Crippen LogP contribution in [0.4, 0.5) is 0 Å². The summed E-state index contributed by atoms with van der Waals surface area (Å²) in [5.74, 6) is 5.03. The molecule has 0 aromatic heterocycles. The Morgan fingerprint density at radius 2 is 2.23 bits per heavy atom. The van der Waals surface area contributed by atoms with Gasteiger partial charge in [-0.25, -0.2) is 0 Å². The molecule has 0 aliphatic carbocycles. The number of rotatable bonds is 2. The van der Waals surface area contributed by atoms with Gasteiger partial charge in [-0.05, 0) is 24.1 Å². The van der Waals surface area contributed by atoms with Crippen molar-refractivity contribution in [2.45, 2.75) is 6.42 Å². The topological polar surface area (TPSA) is 44.0 Å². The first-order valence-electron chi connectivity index (χ1n) is 3.96. The predicted octanol–water partition coefficient (Wildman–Crippen LogP) is 1.10. The zero-order valence-electron chi connectivity index (χ0n) is 7.12. The Balaban J connectivity index is 2.86. The average molecular weight is 171 g/mol. The lowest BCUT2D eigenvalue weighted by atomic mass is 10.1. The molecule has 1 aromatic rings. The Labute approximate surface area is 77.4 Å². The van der Waals surface area contributed by atoms with Crippen LogP contribution in [0.15, 0.2) is 24.3 Å². The fraction of sp³-hybridized carbons (Fsp3) is 0.182. The molecule has 0 bridgehead atoms. The lowest BCUT2D eigenvalue weighted by molar-refractivity contribution is 0.299. The SMILES string of the molecule is N#CC#Cc1cccc(CCO)c1. The number of benzene rings is 1. The Bertz CT molecular complexity index is 379. The number of nitrogens with zero attached hydrogens (tertiary/aromatic N) is 1. The van der Waals surface area contributed by atoms with Crippen LogP contribution in [0.1, 0.15) is 11.1 Å². The summed E-state index contributed by atoms with van der Waals surface area (Å²) in [6, 6.07) is 9.26. The van der Waals surface area contributed by atoms with E-state index in [0.717, 1.165) is 11.1 Å². The van der Waals surface area contributed by atoms with Crippen LogP contribution in [0.25, 0.3) is 0 Å². The molecule has 1 N–H and O–H groups in total. The van der Waals surface area contributed by atoms with Crippen molar-refractivity contribution < 1.29 is 5.11 Å². The lowest BCUT2D eigenvalue weighted by Crippen LogP contribution is -1.90. The number of aliphatic hydroxyl groups is 1. The number of nitriles is 1. The zero-order chi connectivity index (χ0) is 9.52. The van der Waals surface area contributed by atoms with Gasteiger partial charge >= 0.3 is 0 Å². The van der Waals surface area contributed by atoms with Crippen molar-refractivity contribution in [3.63, 3.8) is 0 Å². The molecule has 0 saturated heterocycles. The normalized spacial score (nSPS) is 8.31. The van der Waals surface area contributed by atoms with E-state index in [4.69, 9.17) is 10.4 Å². The largest absolute Gasteiger partial charge is 0.396 e. The summed E-state index contributed by atoms with van der Waals surface area (Å²) in [7, 11) is 0. The fourth-order valence-electron chi connectivity index (χ4n) is 1.03. The summed E-state index contributed by atoms with van der Waals surface area (Å²) in [5.41, 5.74) is 1.85. The van der Waals surface area contributed by atoms with Gasteiger partial charge < -0.3 is 5.11 Å². The second-order valence-electron chi connectivity index (χ2n) is 2.54. The van der Waals surface area contributed by atoms with Crippen LogP contribution < -0.4 is 0 Å². The third-order valence-corrected chi connectivity index (χ3v) is 1.59. The monoisotopic (exact) mass is 171 g/mol. The van der Waals surface area contributed by atoms with Crippen LogP contribution in [0, 0.1) is 23.2 Å². The van der Waals surface area contributed by atoms with E-state index in [0.29, 0.717) is 6.42 Å². The Morgan fingerprint density at radius 3 is 2.92 bits per heavy atom. The highest BCUT2D eigenvalue weighted by atomic mass is 16.2. The third kappa shape index (κ3) is 2.99. The molecule has 2 nitrogen and oxygen atoms in total. The van der Waals surface area contributed by atoms with E-state index in [1.807, 2.05) is 24.3 Å². The minimum atomic E-state index is 0.134. The fourth-order valence-corrected chi connectivity index (χ4v) is 1.03. The molecule has 2 heteroatoms. The maximum absolute atomic E-state index is 8.70. The van der Waals surface area contributed by atoms with Gasteiger partial charge in [-0.2, -0.15) is 5.26 Å². The second kappa shape index (κ2) is 4.98. The standard InChI is InChI=1S/C11H9NO/c12-7-2-5-10-3-1-4-11(9-10)6-8-13/h1,3-4,9,13H,6,8H2. The van der Waals surface area contributed by atoms with Crippen molar-refractivity contribution >= 4 is 0 Å². The maximum Gasteiger partial charge on any atom is 0.152 e. The van der Waals surface area contributed by atoms with Crippen molar-refractivity contribution in [1.82, 2.24) is 0 Å². The maximum atomic E-state index is 8.70. The van der Waals surface area contributed by atoms with E-state index in [2.05, 4.69) is 11.8 Å². The van der Waals surface area contributed by atoms with Gasteiger partial charge in [0.2, 0.25) is 0 Å². The molecular weight excluding hydrogens is 162 g/mol. The predicted molar refractivity (Wildman–Crippen MR) is 49.7 cm³/mol. The molecule has 64 valence electrons. The summed E-state index contributed by atoms with van der Waals surface area (Å²) in [6.07, 6.45) is 0.627. The van der Waals surface area contributed by atoms with Gasteiger partial charge in [-0.15, -0.1) is 0 Å². The van der Waals surface area contributed by atoms with Gasteiger partial charge in [-0.1, -0.05) is 18.1 Å². The van der Waals surface area contributed by atoms with Crippen molar-refractivity contribution in [2.24, 2.45) is 0 Å². The summed E-state index contributed by atoms with van der Waals surface area (Å²) in [5, 5.41) is 16.9.